The number of aldehydes is 1. The predicted molar refractivity (Wildman–Crippen MR) is 69.1 cm³/mol. The average molecular weight is 287 g/mol. The maximum Gasteiger partial charge on any atom is 0.418 e. The average Bonchev–Trinajstić information content (AvgIpc) is 2.61. The van der Waals surface area contributed by atoms with Crippen molar-refractivity contribution in [3.05, 3.63) is 29.3 Å². The summed E-state index contributed by atoms with van der Waals surface area (Å²) in [4.78, 5) is 12.4. The second kappa shape index (κ2) is 5.83. The van der Waals surface area contributed by atoms with Gasteiger partial charge >= 0.3 is 6.18 Å². The molecule has 3 nitrogen and oxygen atoms in total. The Balaban J connectivity index is 2.41. The first-order valence-corrected chi connectivity index (χ1v) is 6.45. The lowest BCUT2D eigenvalue weighted by molar-refractivity contribution is -0.137. The largest absolute Gasteiger partial charge is 0.418 e. The summed E-state index contributed by atoms with van der Waals surface area (Å²) in [5, 5.41) is 0. The third kappa shape index (κ3) is 3.30. The van der Waals surface area contributed by atoms with Crippen LogP contribution in [0.2, 0.25) is 0 Å². The first-order valence-electron chi connectivity index (χ1n) is 6.45. The normalized spacial score (nSPS) is 20.6. The summed E-state index contributed by atoms with van der Waals surface area (Å²) >= 11 is 0. The van der Waals surface area contributed by atoms with Gasteiger partial charge in [-0.2, -0.15) is 13.2 Å². The molecule has 0 aliphatic carbocycles. The van der Waals surface area contributed by atoms with Gasteiger partial charge in [-0.3, -0.25) is 4.79 Å². The fourth-order valence-corrected chi connectivity index (χ4v) is 2.34. The van der Waals surface area contributed by atoms with E-state index in [1.165, 1.54) is 12.1 Å². The molecule has 6 heteroatoms. The van der Waals surface area contributed by atoms with E-state index in [-0.39, 0.29) is 17.4 Å². The summed E-state index contributed by atoms with van der Waals surface area (Å²) in [5.74, 6) is 0. The van der Waals surface area contributed by atoms with Crippen molar-refractivity contribution in [3.8, 4) is 0 Å². The molecule has 0 saturated carbocycles. The molecule has 20 heavy (non-hydrogen) atoms. The lowest BCUT2D eigenvalue weighted by Crippen LogP contribution is -2.32. The maximum absolute atomic E-state index is 13.1. The zero-order valence-electron chi connectivity index (χ0n) is 11.1. The molecule has 0 radical (unpaired) electrons. The van der Waals surface area contributed by atoms with Gasteiger partial charge in [0.25, 0.3) is 0 Å². The van der Waals surface area contributed by atoms with Gasteiger partial charge in [0.05, 0.1) is 11.7 Å². The highest BCUT2D eigenvalue weighted by Gasteiger charge is 2.35. The molecule has 1 aliphatic heterocycles. The van der Waals surface area contributed by atoms with Gasteiger partial charge in [0.1, 0.15) is 6.29 Å². The number of carbonyl (C=O) groups excluding carboxylic acids is 1. The van der Waals surface area contributed by atoms with E-state index in [2.05, 4.69) is 0 Å². The van der Waals surface area contributed by atoms with Crippen LogP contribution < -0.4 is 4.90 Å². The molecular formula is C14H16F3NO2. The Bertz CT molecular complexity index is 488. The minimum Gasteiger partial charge on any atom is -0.377 e. The Morgan fingerprint density at radius 1 is 1.40 bits per heavy atom. The summed E-state index contributed by atoms with van der Waals surface area (Å²) in [5.41, 5.74) is -0.628. The highest BCUT2D eigenvalue weighted by molar-refractivity contribution is 5.77. The van der Waals surface area contributed by atoms with Crippen LogP contribution in [0.3, 0.4) is 0 Å². The molecule has 1 aliphatic rings. The fraction of sp³-hybridized carbons (Fsp3) is 0.500. The Labute approximate surface area is 115 Å². The molecule has 0 N–H and O–H groups in total. The van der Waals surface area contributed by atoms with Gasteiger partial charge in [-0.1, -0.05) is 0 Å². The van der Waals surface area contributed by atoms with E-state index in [4.69, 9.17) is 4.74 Å². The quantitative estimate of drug-likeness (QED) is 0.783. The fourth-order valence-electron chi connectivity index (χ4n) is 2.34. The molecule has 2 rings (SSSR count). The Hall–Kier alpha value is -1.56. The minimum absolute atomic E-state index is 0.0280. The molecule has 1 aromatic rings. The Kier molecular flexibility index (Phi) is 4.32. The van der Waals surface area contributed by atoms with Crippen molar-refractivity contribution in [3.63, 3.8) is 0 Å². The SMILES string of the molecule is CC1CN(c2ccc(C=O)cc2C(F)(F)F)CCCO1. The van der Waals surface area contributed by atoms with Crippen LogP contribution in [0.25, 0.3) is 0 Å². The summed E-state index contributed by atoms with van der Waals surface area (Å²) in [6.45, 7) is 3.30. The van der Waals surface area contributed by atoms with E-state index >= 15 is 0 Å². The van der Waals surface area contributed by atoms with Crippen LogP contribution in [0, 0.1) is 0 Å². The molecule has 1 fully saturated rings. The molecule has 1 aromatic carbocycles. The molecule has 0 aromatic heterocycles. The number of rotatable bonds is 2. The number of anilines is 1. The first-order chi connectivity index (χ1) is 9.41. The van der Waals surface area contributed by atoms with Crippen molar-refractivity contribution in [1.82, 2.24) is 0 Å². The zero-order valence-corrected chi connectivity index (χ0v) is 11.1. The minimum atomic E-state index is -4.48. The maximum atomic E-state index is 13.1. The van der Waals surface area contributed by atoms with E-state index in [9.17, 15) is 18.0 Å². The van der Waals surface area contributed by atoms with E-state index in [0.29, 0.717) is 32.4 Å². The van der Waals surface area contributed by atoms with E-state index in [1.807, 2.05) is 6.92 Å². The topological polar surface area (TPSA) is 29.5 Å². The summed E-state index contributed by atoms with van der Waals surface area (Å²) in [7, 11) is 0. The van der Waals surface area contributed by atoms with Gasteiger partial charge in [-0.25, -0.2) is 0 Å². The lowest BCUT2D eigenvalue weighted by Gasteiger charge is -2.27. The molecule has 110 valence electrons. The van der Waals surface area contributed by atoms with Crippen LogP contribution in [0.1, 0.15) is 29.3 Å². The molecular weight excluding hydrogens is 271 g/mol. The monoisotopic (exact) mass is 287 g/mol. The van der Waals surface area contributed by atoms with E-state index in [0.717, 1.165) is 6.07 Å². The number of nitrogens with zero attached hydrogens (tertiary/aromatic N) is 1. The Morgan fingerprint density at radius 3 is 2.80 bits per heavy atom. The van der Waals surface area contributed by atoms with Crippen LogP contribution in [0.4, 0.5) is 18.9 Å². The number of carbonyl (C=O) groups is 1. The Morgan fingerprint density at radius 2 is 2.15 bits per heavy atom. The standard InChI is InChI=1S/C14H16F3NO2/c1-10-8-18(5-2-6-20-10)13-4-3-11(9-19)7-12(13)14(15,16)17/h3-4,7,9-10H,2,5-6,8H2,1H3. The molecule has 1 atom stereocenters. The van der Waals surface area contributed by atoms with Crippen molar-refractivity contribution in [2.75, 3.05) is 24.6 Å². The number of ether oxygens (including phenoxy) is 1. The number of alkyl halides is 3. The number of halogens is 3. The van der Waals surface area contributed by atoms with E-state index in [1.54, 1.807) is 4.90 Å². The van der Waals surface area contributed by atoms with Gasteiger partial charge in [0, 0.05) is 30.9 Å². The summed E-state index contributed by atoms with van der Waals surface area (Å²) in [6.07, 6.45) is -3.50. The lowest BCUT2D eigenvalue weighted by atomic mass is 10.1. The van der Waals surface area contributed by atoms with Gasteiger partial charge in [-0.15, -0.1) is 0 Å². The number of hydrogen-bond donors (Lipinski definition) is 0. The number of benzene rings is 1. The zero-order chi connectivity index (χ0) is 14.8. The van der Waals surface area contributed by atoms with Gasteiger partial charge in [0.15, 0.2) is 0 Å². The van der Waals surface area contributed by atoms with E-state index < -0.39 is 11.7 Å². The van der Waals surface area contributed by atoms with Crippen LogP contribution in [-0.4, -0.2) is 32.1 Å². The van der Waals surface area contributed by atoms with Crippen molar-refractivity contribution in [2.45, 2.75) is 25.6 Å². The molecule has 0 bridgehead atoms. The smallest absolute Gasteiger partial charge is 0.377 e. The molecule has 0 amide bonds. The van der Waals surface area contributed by atoms with Gasteiger partial charge < -0.3 is 9.64 Å². The van der Waals surface area contributed by atoms with Crippen molar-refractivity contribution >= 4 is 12.0 Å². The second-order valence-electron chi connectivity index (χ2n) is 4.87. The molecule has 0 spiro atoms. The van der Waals surface area contributed by atoms with Crippen molar-refractivity contribution in [1.29, 1.82) is 0 Å². The van der Waals surface area contributed by atoms with Crippen molar-refractivity contribution < 1.29 is 22.7 Å². The van der Waals surface area contributed by atoms with Crippen LogP contribution in [0.5, 0.6) is 0 Å². The van der Waals surface area contributed by atoms with Gasteiger partial charge in [0.2, 0.25) is 0 Å². The van der Waals surface area contributed by atoms with Gasteiger partial charge in [-0.05, 0) is 31.5 Å². The first kappa shape index (κ1) is 14.8. The van der Waals surface area contributed by atoms with Crippen molar-refractivity contribution in [2.24, 2.45) is 0 Å². The third-order valence-electron chi connectivity index (χ3n) is 3.26. The highest BCUT2D eigenvalue weighted by Crippen LogP contribution is 2.37. The van der Waals surface area contributed by atoms with Crippen LogP contribution >= 0.6 is 0 Å². The predicted octanol–water partition coefficient (Wildman–Crippen LogP) is 3.13. The highest BCUT2D eigenvalue weighted by atomic mass is 19.4. The number of hydrogen-bond acceptors (Lipinski definition) is 3. The third-order valence-corrected chi connectivity index (χ3v) is 3.26. The molecule has 1 saturated heterocycles. The molecule has 1 heterocycles. The van der Waals surface area contributed by atoms with Crippen LogP contribution in [0.15, 0.2) is 18.2 Å². The summed E-state index contributed by atoms with van der Waals surface area (Å²) < 4.78 is 44.9. The van der Waals surface area contributed by atoms with Crippen LogP contribution in [-0.2, 0) is 10.9 Å². The second-order valence-corrected chi connectivity index (χ2v) is 4.87. The summed E-state index contributed by atoms with van der Waals surface area (Å²) in [6, 6.07) is 3.68. The molecule has 1 unspecified atom stereocenters.